The minimum atomic E-state index is -0.799. The Morgan fingerprint density at radius 2 is 2.38 bits per heavy atom. The van der Waals surface area contributed by atoms with E-state index >= 15 is 0 Å². The van der Waals surface area contributed by atoms with E-state index in [4.69, 9.17) is 4.74 Å². The smallest absolute Gasteiger partial charge is 0.192 e. The van der Waals surface area contributed by atoms with Gasteiger partial charge in [0.25, 0.3) is 0 Å². The van der Waals surface area contributed by atoms with Crippen molar-refractivity contribution in [2.24, 2.45) is 4.99 Å². The average Bonchev–Trinajstić information content (AvgIpc) is 2.08. The number of ether oxygens (including phenoxy) is 1. The number of Topliss-reactive ketones (excluding diaryl/α,β-unsaturated/α-hetero) is 1. The number of nitrogens with zero attached hydrogens (tertiary/aromatic N) is 1. The van der Waals surface area contributed by atoms with Crippen LogP contribution < -0.4 is 0 Å². The van der Waals surface area contributed by atoms with E-state index in [1.54, 1.807) is 6.92 Å². The number of carbonyl (C=O) groups excluding carboxylic acids is 2. The third-order valence-corrected chi connectivity index (χ3v) is 1.65. The van der Waals surface area contributed by atoms with Crippen LogP contribution in [0.4, 0.5) is 0 Å². The summed E-state index contributed by atoms with van der Waals surface area (Å²) in [5.74, 6) is -0.446. The molecular formula is C9H11NO3. The van der Waals surface area contributed by atoms with Crippen LogP contribution in [0.3, 0.4) is 0 Å². The molecule has 0 amide bonds. The second kappa shape index (κ2) is 4.09. The molecule has 4 nitrogen and oxygen atoms in total. The summed E-state index contributed by atoms with van der Waals surface area (Å²) in [6.07, 6.45) is 1.84. The molecule has 1 aliphatic heterocycles. The Bertz CT molecular complexity index is 291. The molecule has 1 aliphatic rings. The maximum atomic E-state index is 11.3. The first-order valence-corrected chi connectivity index (χ1v) is 4.07. The summed E-state index contributed by atoms with van der Waals surface area (Å²) in [6.45, 7) is 3.52. The van der Waals surface area contributed by atoms with Crippen molar-refractivity contribution in [3.05, 3.63) is 12.3 Å². The van der Waals surface area contributed by atoms with Crippen molar-refractivity contribution in [2.45, 2.75) is 20.0 Å². The first kappa shape index (κ1) is 9.80. The zero-order valence-corrected chi connectivity index (χ0v) is 7.61. The molecule has 0 aromatic heterocycles. The fraction of sp³-hybridized carbons (Fsp3) is 0.444. The third-order valence-electron chi connectivity index (χ3n) is 1.65. The first-order chi connectivity index (χ1) is 6.16. The van der Waals surface area contributed by atoms with E-state index in [-0.39, 0.29) is 17.3 Å². The number of aliphatic imine (C=N–C) groups is 1. The van der Waals surface area contributed by atoms with Gasteiger partial charge in [-0.15, -0.1) is 0 Å². The number of rotatable bonds is 3. The fourth-order valence-corrected chi connectivity index (χ4v) is 1.08. The van der Waals surface area contributed by atoms with Crippen LogP contribution in [-0.2, 0) is 14.3 Å². The fourth-order valence-electron chi connectivity index (χ4n) is 1.08. The molecule has 1 heterocycles. The number of carbonyl (C=O) groups is 2. The predicted octanol–water partition coefficient (Wildman–Crippen LogP) is 0.518. The van der Waals surface area contributed by atoms with Crippen molar-refractivity contribution in [3.63, 3.8) is 0 Å². The van der Waals surface area contributed by atoms with Gasteiger partial charge < -0.3 is 4.74 Å². The van der Waals surface area contributed by atoms with Gasteiger partial charge in [-0.2, -0.15) is 0 Å². The van der Waals surface area contributed by atoms with Gasteiger partial charge in [-0.05, 0) is 6.92 Å². The lowest BCUT2D eigenvalue weighted by atomic mass is 10.1. The van der Waals surface area contributed by atoms with E-state index in [1.807, 2.05) is 0 Å². The molecule has 0 N–H and O–H groups in total. The van der Waals surface area contributed by atoms with Crippen LogP contribution in [0.15, 0.2) is 17.3 Å². The van der Waals surface area contributed by atoms with Gasteiger partial charge in [-0.25, -0.2) is 0 Å². The molecule has 1 rings (SSSR count). The van der Waals surface area contributed by atoms with Crippen molar-refractivity contribution < 1.29 is 14.3 Å². The van der Waals surface area contributed by atoms with Gasteiger partial charge in [0.1, 0.15) is 5.71 Å². The van der Waals surface area contributed by atoms with Crippen molar-refractivity contribution in [2.75, 3.05) is 6.61 Å². The maximum Gasteiger partial charge on any atom is 0.192 e. The molecule has 0 radical (unpaired) electrons. The van der Waals surface area contributed by atoms with E-state index in [0.29, 0.717) is 6.61 Å². The van der Waals surface area contributed by atoms with Crippen molar-refractivity contribution >= 4 is 17.3 Å². The van der Waals surface area contributed by atoms with E-state index < -0.39 is 6.10 Å². The summed E-state index contributed by atoms with van der Waals surface area (Å²) in [5.41, 5.74) is 0.189. The number of hydrogen-bond acceptors (Lipinski definition) is 4. The molecule has 0 saturated carbocycles. The molecule has 1 unspecified atom stereocenters. The summed E-state index contributed by atoms with van der Waals surface area (Å²) >= 11 is 0. The van der Waals surface area contributed by atoms with Crippen molar-refractivity contribution in [1.29, 1.82) is 0 Å². The zero-order valence-electron chi connectivity index (χ0n) is 7.61. The van der Waals surface area contributed by atoms with E-state index in [0.717, 1.165) is 0 Å². The zero-order chi connectivity index (χ0) is 9.84. The van der Waals surface area contributed by atoms with Gasteiger partial charge in [-0.3, -0.25) is 14.6 Å². The Balaban J connectivity index is 2.88. The van der Waals surface area contributed by atoms with Gasteiger partial charge in [0.15, 0.2) is 17.7 Å². The lowest BCUT2D eigenvalue weighted by Gasteiger charge is -2.16. The monoisotopic (exact) mass is 181 g/mol. The maximum absolute atomic E-state index is 11.3. The van der Waals surface area contributed by atoms with Crippen molar-refractivity contribution in [3.8, 4) is 0 Å². The molecule has 0 spiro atoms. The summed E-state index contributed by atoms with van der Waals surface area (Å²) < 4.78 is 5.12. The van der Waals surface area contributed by atoms with Crippen molar-refractivity contribution in [1.82, 2.24) is 0 Å². The highest BCUT2D eigenvalue weighted by molar-refractivity contribution is 6.45. The molecule has 4 heteroatoms. The second-order valence-corrected chi connectivity index (χ2v) is 2.62. The highest BCUT2D eigenvalue weighted by Gasteiger charge is 2.27. The SMILES string of the molecule is CCOC1C(=O)C=CN=C1C(C)=O. The van der Waals surface area contributed by atoms with Crippen LogP contribution in [0.1, 0.15) is 13.8 Å². The highest BCUT2D eigenvalue weighted by Crippen LogP contribution is 2.06. The summed E-state index contributed by atoms with van der Waals surface area (Å²) in [4.78, 5) is 26.1. The lowest BCUT2D eigenvalue weighted by Crippen LogP contribution is -2.37. The van der Waals surface area contributed by atoms with E-state index in [9.17, 15) is 9.59 Å². The molecule has 0 aromatic rings. The minimum Gasteiger partial charge on any atom is -0.364 e. The largest absolute Gasteiger partial charge is 0.364 e. The van der Waals surface area contributed by atoms with Gasteiger partial charge >= 0.3 is 0 Å². The molecule has 1 atom stereocenters. The molecule has 0 bridgehead atoms. The average molecular weight is 181 g/mol. The highest BCUT2D eigenvalue weighted by atomic mass is 16.5. The summed E-state index contributed by atoms with van der Waals surface area (Å²) in [5, 5.41) is 0. The number of ketones is 2. The molecule has 0 aliphatic carbocycles. The van der Waals surface area contributed by atoms with E-state index in [1.165, 1.54) is 19.2 Å². The predicted molar refractivity (Wildman–Crippen MR) is 47.7 cm³/mol. The molecule has 13 heavy (non-hydrogen) atoms. The standard InChI is InChI=1S/C9H11NO3/c1-3-13-9-7(12)4-5-10-8(9)6(2)11/h4-5,9H,3H2,1-2H3. The molecule has 0 fully saturated rings. The normalized spacial score (nSPS) is 21.5. The molecule has 0 saturated heterocycles. The Kier molecular flexibility index (Phi) is 3.08. The van der Waals surface area contributed by atoms with Crippen LogP contribution in [0.25, 0.3) is 0 Å². The van der Waals surface area contributed by atoms with Crippen LogP contribution in [0.2, 0.25) is 0 Å². The van der Waals surface area contributed by atoms with E-state index in [2.05, 4.69) is 4.99 Å². The Hall–Kier alpha value is -1.29. The van der Waals surface area contributed by atoms with Crippen LogP contribution in [0.5, 0.6) is 0 Å². The van der Waals surface area contributed by atoms with Gasteiger partial charge in [0.2, 0.25) is 0 Å². The van der Waals surface area contributed by atoms with Crippen LogP contribution in [-0.4, -0.2) is 30.0 Å². The van der Waals surface area contributed by atoms with Gasteiger partial charge in [-0.1, -0.05) is 0 Å². The van der Waals surface area contributed by atoms with Crippen LogP contribution >= 0.6 is 0 Å². The topological polar surface area (TPSA) is 55.7 Å². The third kappa shape index (κ3) is 2.09. The van der Waals surface area contributed by atoms with Gasteiger partial charge in [0.05, 0.1) is 0 Å². The van der Waals surface area contributed by atoms with Crippen LogP contribution in [0, 0.1) is 0 Å². The quantitative estimate of drug-likeness (QED) is 0.637. The lowest BCUT2D eigenvalue weighted by molar-refractivity contribution is -0.123. The first-order valence-electron chi connectivity index (χ1n) is 4.07. The summed E-state index contributed by atoms with van der Waals surface area (Å²) in [7, 11) is 0. The Labute approximate surface area is 76.3 Å². The van der Waals surface area contributed by atoms with Gasteiger partial charge in [0, 0.05) is 25.8 Å². The summed E-state index contributed by atoms with van der Waals surface area (Å²) in [6, 6.07) is 0. The number of hydrogen-bond donors (Lipinski definition) is 0. The Morgan fingerprint density at radius 3 is 2.92 bits per heavy atom. The Morgan fingerprint density at radius 1 is 1.69 bits per heavy atom. The molecule has 70 valence electrons. The minimum absolute atomic E-state index is 0.189. The molecule has 0 aromatic carbocycles. The second-order valence-electron chi connectivity index (χ2n) is 2.62. The molecular weight excluding hydrogens is 170 g/mol.